The van der Waals surface area contributed by atoms with E-state index in [0.717, 1.165) is 22.0 Å². The van der Waals surface area contributed by atoms with Gasteiger partial charge in [0.15, 0.2) is 0 Å². The smallest absolute Gasteiger partial charge is 0.251 e. The zero-order valence-corrected chi connectivity index (χ0v) is 13.6. The number of aromatic amines is 1. The lowest BCUT2D eigenvalue weighted by Crippen LogP contribution is -2.28. The normalized spacial score (nSPS) is 12.3. The summed E-state index contributed by atoms with van der Waals surface area (Å²) in [6.07, 6.45) is 0.819. The Hall–Kier alpha value is -2.21. The van der Waals surface area contributed by atoms with Gasteiger partial charge in [-0.15, -0.1) is 0 Å². The minimum Gasteiger partial charge on any atom is -0.345 e. The lowest BCUT2D eigenvalue weighted by atomic mass is 10.0. The van der Waals surface area contributed by atoms with Crippen LogP contribution in [0.1, 0.15) is 35.3 Å². The second kappa shape index (κ2) is 6.27. The van der Waals surface area contributed by atoms with Gasteiger partial charge in [0.25, 0.3) is 5.91 Å². The molecular formula is C16H15BrN4O. The highest BCUT2D eigenvalue weighted by atomic mass is 79.9. The summed E-state index contributed by atoms with van der Waals surface area (Å²) in [5.41, 5.74) is 3.10. The van der Waals surface area contributed by atoms with Crippen LogP contribution in [-0.2, 0) is 0 Å². The highest BCUT2D eigenvalue weighted by Gasteiger charge is 2.15. The van der Waals surface area contributed by atoms with Crippen molar-refractivity contribution in [3.63, 3.8) is 0 Å². The highest BCUT2D eigenvalue weighted by molar-refractivity contribution is 9.10. The molecule has 22 heavy (non-hydrogen) atoms. The molecule has 2 aromatic carbocycles. The van der Waals surface area contributed by atoms with Crippen molar-refractivity contribution < 1.29 is 4.79 Å². The highest BCUT2D eigenvalue weighted by Crippen LogP contribution is 2.20. The van der Waals surface area contributed by atoms with Gasteiger partial charge in [-0.05, 0) is 42.3 Å². The maximum atomic E-state index is 12.4. The van der Waals surface area contributed by atoms with Gasteiger partial charge in [0.2, 0.25) is 0 Å². The van der Waals surface area contributed by atoms with Crippen LogP contribution in [0.25, 0.3) is 11.0 Å². The van der Waals surface area contributed by atoms with E-state index in [0.29, 0.717) is 11.1 Å². The number of hydrogen-bond acceptors (Lipinski definition) is 3. The molecule has 1 heterocycles. The molecule has 6 heteroatoms. The van der Waals surface area contributed by atoms with Gasteiger partial charge >= 0.3 is 0 Å². The average molecular weight is 359 g/mol. The molecule has 112 valence electrons. The molecule has 5 nitrogen and oxygen atoms in total. The van der Waals surface area contributed by atoms with E-state index < -0.39 is 0 Å². The van der Waals surface area contributed by atoms with Crippen molar-refractivity contribution in [2.75, 3.05) is 0 Å². The first-order chi connectivity index (χ1) is 10.7. The summed E-state index contributed by atoms with van der Waals surface area (Å²) in [6.45, 7) is 2.05. The first-order valence-electron chi connectivity index (χ1n) is 7.04. The zero-order chi connectivity index (χ0) is 15.5. The number of fused-ring (bicyclic) bond motifs is 1. The van der Waals surface area contributed by atoms with Gasteiger partial charge < -0.3 is 5.32 Å². The van der Waals surface area contributed by atoms with Crippen molar-refractivity contribution in [1.82, 2.24) is 20.7 Å². The molecule has 0 spiro atoms. The molecule has 3 rings (SSSR count). The molecular weight excluding hydrogens is 344 g/mol. The lowest BCUT2D eigenvalue weighted by molar-refractivity contribution is 0.0935. The number of hydrogen-bond donors (Lipinski definition) is 2. The summed E-state index contributed by atoms with van der Waals surface area (Å²) >= 11 is 3.42. The summed E-state index contributed by atoms with van der Waals surface area (Å²) in [5, 5.41) is 13.6. The molecule has 0 aliphatic heterocycles. The molecule has 0 saturated carbocycles. The Morgan fingerprint density at radius 2 is 1.91 bits per heavy atom. The number of amides is 1. The van der Waals surface area contributed by atoms with Crippen LogP contribution in [0.4, 0.5) is 0 Å². The standard InChI is InChI=1S/C16H15BrN4O/c1-2-13(10-3-6-12(17)7-4-10)18-16(22)11-5-8-14-15(9-11)20-21-19-14/h3-9,13H,2H2,1H3,(H,18,22)(H,19,20,21). The number of halogens is 1. The third-order valence-electron chi connectivity index (χ3n) is 3.56. The summed E-state index contributed by atoms with van der Waals surface area (Å²) < 4.78 is 1.02. The van der Waals surface area contributed by atoms with Crippen molar-refractivity contribution in [2.24, 2.45) is 0 Å². The summed E-state index contributed by atoms with van der Waals surface area (Å²) in [4.78, 5) is 12.4. The molecule has 0 fully saturated rings. The van der Waals surface area contributed by atoms with Crippen molar-refractivity contribution in [3.8, 4) is 0 Å². The Morgan fingerprint density at radius 3 is 2.64 bits per heavy atom. The predicted octanol–water partition coefficient (Wildman–Crippen LogP) is 3.60. The number of carbonyl (C=O) groups excluding carboxylic acids is 1. The lowest BCUT2D eigenvalue weighted by Gasteiger charge is -2.17. The molecule has 1 aromatic heterocycles. The topological polar surface area (TPSA) is 70.7 Å². The van der Waals surface area contributed by atoms with Crippen LogP contribution in [0.15, 0.2) is 46.9 Å². The first kappa shape index (κ1) is 14.7. The van der Waals surface area contributed by atoms with Crippen LogP contribution in [0.3, 0.4) is 0 Å². The van der Waals surface area contributed by atoms with Gasteiger partial charge in [-0.3, -0.25) is 4.79 Å². The van der Waals surface area contributed by atoms with Crippen LogP contribution in [0.2, 0.25) is 0 Å². The fourth-order valence-electron chi connectivity index (χ4n) is 2.34. The third kappa shape index (κ3) is 3.01. The van der Waals surface area contributed by atoms with E-state index >= 15 is 0 Å². The molecule has 0 aliphatic rings. The van der Waals surface area contributed by atoms with E-state index in [1.807, 2.05) is 31.2 Å². The van der Waals surface area contributed by atoms with E-state index in [1.54, 1.807) is 18.2 Å². The van der Waals surface area contributed by atoms with Crippen LogP contribution < -0.4 is 5.32 Å². The van der Waals surface area contributed by atoms with Crippen LogP contribution in [0.5, 0.6) is 0 Å². The number of carbonyl (C=O) groups is 1. The molecule has 0 saturated heterocycles. The molecule has 2 N–H and O–H groups in total. The minimum atomic E-state index is -0.111. The van der Waals surface area contributed by atoms with Crippen molar-refractivity contribution in [2.45, 2.75) is 19.4 Å². The molecule has 1 unspecified atom stereocenters. The van der Waals surface area contributed by atoms with Crippen molar-refractivity contribution in [1.29, 1.82) is 0 Å². The fourth-order valence-corrected chi connectivity index (χ4v) is 2.60. The molecule has 0 aliphatic carbocycles. The van der Waals surface area contributed by atoms with E-state index in [1.165, 1.54) is 0 Å². The zero-order valence-electron chi connectivity index (χ0n) is 12.0. The molecule has 0 radical (unpaired) electrons. The molecule has 1 atom stereocenters. The summed E-state index contributed by atoms with van der Waals surface area (Å²) in [5.74, 6) is -0.111. The Bertz CT molecular complexity index is 797. The number of aromatic nitrogens is 3. The Morgan fingerprint density at radius 1 is 1.18 bits per heavy atom. The van der Waals surface area contributed by atoms with E-state index in [-0.39, 0.29) is 11.9 Å². The number of nitrogens with one attached hydrogen (secondary N) is 2. The number of benzene rings is 2. The van der Waals surface area contributed by atoms with Gasteiger partial charge in [-0.1, -0.05) is 35.0 Å². The molecule has 3 aromatic rings. The van der Waals surface area contributed by atoms with E-state index in [4.69, 9.17) is 0 Å². The number of nitrogens with zero attached hydrogens (tertiary/aromatic N) is 2. The Balaban J connectivity index is 1.80. The number of H-pyrrole nitrogens is 1. The Kier molecular flexibility index (Phi) is 4.20. The maximum Gasteiger partial charge on any atom is 0.251 e. The van der Waals surface area contributed by atoms with Crippen molar-refractivity contribution >= 4 is 32.9 Å². The second-order valence-corrected chi connectivity index (χ2v) is 5.93. The van der Waals surface area contributed by atoms with Gasteiger partial charge in [0.1, 0.15) is 11.0 Å². The predicted molar refractivity (Wildman–Crippen MR) is 88.5 cm³/mol. The van der Waals surface area contributed by atoms with E-state index in [2.05, 4.69) is 36.7 Å². The van der Waals surface area contributed by atoms with Gasteiger partial charge in [0.05, 0.1) is 6.04 Å². The summed E-state index contributed by atoms with van der Waals surface area (Å²) in [7, 11) is 0. The van der Waals surface area contributed by atoms with Gasteiger partial charge in [-0.25, -0.2) is 0 Å². The van der Waals surface area contributed by atoms with Crippen molar-refractivity contribution in [3.05, 3.63) is 58.1 Å². The molecule has 1 amide bonds. The van der Waals surface area contributed by atoms with Crippen LogP contribution in [-0.4, -0.2) is 21.3 Å². The quantitative estimate of drug-likeness (QED) is 0.748. The van der Waals surface area contributed by atoms with Gasteiger partial charge in [-0.2, -0.15) is 15.4 Å². The molecule has 0 bridgehead atoms. The largest absolute Gasteiger partial charge is 0.345 e. The number of rotatable bonds is 4. The van der Waals surface area contributed by atoms with Crippen LogP contribution in [0, 0.1) is 0 Å². The third-order valence-corrected chi connectivity index (χ3v) is 4.09. The minimum absolute atomic E-state index is 0.0198. The van der Waals surface area contributed by atoms with Gasteiger partial charge in [0, 0.05) is 10.0 Å². The SMILES string of the molecule is CCC(NC(=O)c1ccc2n[nH]nc2c1)c1ccc(Br)cc1. The summed E-state index contributed by atoms with van der Waals surface area (Å²) in [6, 6.07) is 13.2. The maximum absolute atomic E-state index is 12.4. The second-order valence-electron chi connectivity index (χ2n) is 5.01. The first-order valence-corrected chi connectivity index (χ1v) is 7.83. The van der Waals surface area contributed by atoms with Crippen LogP contribution >= 0.6 is 15.9 Å². The fraction of sp³-hybridized carbons (Fsp3) is 0.188. The Labute approximate surface area is 136 Å². The monoisotopic (exact) mass is 358 g/mol. The van der Waals surface area contributed by atoms with E-state index in [9.17, 15) is 4.79 Å². The average Bonchev–Trinajstić information content (AvgIpc) is 3.01.